The van der Waals surface area contributed by atoms with Crippen molar-refractivity contribution in [2.45, 2.75) is 13.3 Å². The van der Waals surface area contributed by atoms with Gasteiger partial charge in [-0.25, -0.2) is 0 Å². The molecular formula is C5H10O2. The normalized spacial score (nSPS) is 12.0. The summed E-state index contributed by atoms with van der Waals surface area (Å²) in [4.78, 5) is 0. The van der Waals surface area contributed by atoms with Gasteiger partial charge in [0.1, 0.15) is 5.76 Å². The number of hydrogen-bond acceptors (Lipinski definition) is 2. The van der Waals surface area contributed by atoms with Crippen molar-refractivity contribution < 1.29 is 10.2 Å². The van der Waals surface area contributed by atoms with Crippen LogP contribution in [0.15, 0.2) is 11.8 Å². The van der Waals surface area contributed by atoms with E-state index in [4.69, 9.17) is 10.2 Å². The van der Waals surface area contributed by atoms with E-state index in [0.29, 0.717) is 0 Å². The third-order valence-electron chi connectivity index (χ3n) is 0.602. The van der Waals surface area contributed by atoms with Crippen molar-refractivity contribution in [3.8, 4) is 0 Å². The smallest absolute Gasteiger partial charge is 0.114 e. The van der Waals surface area contributed by atoms with Gasteiger partial charge in [0.05, 0.1) is 6.61 Å². The van der Waals surface area contributed by atoms with Gasteiger partial charge in [-0.1, -0.05) is 6.92 Å². The Bertz CT molecular complexity index is 66.5. The maximum Gasteiger partial charge on any atom is 0.114 e. The summed E-state index contributed by atoms with van der Waals surface area (Å²) in [5.41, 5.74) is 0. The minimum Gasteiger partial charge on any atom is -0.510 e. The molecule has 2 heteroatoms. The number of allylic oxidation sites excluding steroid dienone is 1. The van der Waals surface area contributed by atoms with Gasteiger partial charge in [0.2, 0.25) is 0 Å². The summed E-state index contributed by atoms with van der Waals surface area (Å²) in [6.07, 6.45) is 2.34. The van der Waals surface area contributed by atoms with E-state index < -0.39 is 0 Å². The standard InChI is InChI=1S/C5H10O2/c1-2-3-5(7)4-6/h3,6-7H,2,4H2,1H3/b5-3-. The Hall–Kier alpha value is -0.500. The van der Waals surface area contributed by atoms with Crippen molar-refractivity contribution in [3.63, 3.8) is 0 Å². The van der Waals surface area contributed by atoms with Crippen molar-refractivity contribution >= 4 is 0 Å². The fraction of sp³-hybridized carbons (Fsp3) is 0.600. The summed E-state index contributed by atoms with van der Waals surface area (Å²) in [7, 11) is 0. The van der Waals surface area contributed by atoms with Gasteiger partial charge >= 0.3 is 0 Å². The molecular weight excluding hydrogens is 92.1 g/mol. The molecule has 0 bridgehead atoms. The van der Waals surface area contributed by atoms with Crippen LogP contribution in [0.1, 0.15) is 13.3 Å². The van der Waals surface area contributed by atoms with E-state index in [1.165, 1.54) is 0 Å². The molecule has 0 amide bonds. The third kappa shape index (κ3) is 3.33. The first kappa shape index (κ1) is 6.50. The maximum absolute atomic E-state index is 8.47. The zero-order valence-electron chi connectivity index (χ0n) is 4.39. The summed E-state index contributed by atoms with van der Waals surface area (Å²) < 4.78 is 0. The fourth-order valence-corrected chi connectivity index (χ4v) is 0.300. The zero-order chi connectivity index (χ0) is 5.70. The van der Waals surface area contributed by atoms with E-state index >= 15 is 0 Å². The van der Waals surface area contributed by atoms with Crippen LogP contribution in [0.25, 0.3) is 0 Å². The highest BCUT2D eigenvalue weighted by molar-refractivity contribution is 4.88. The Morgan fingerprint density at radius 2 is 2.29 bits per heavy atom. The number of aliphatic hydroxyl groups excluding tert-OH is 2. The van der Waals surface area contributed by atoms with Gasteiger partial charge in [-0.2, -0.15) is 0 Å². The molecule has 0 aromatic rings. The van der Waals surface area contributed by atoms with Crippen LogP contribution in [0.4, 0.5) is 0 Å². The van der Waals surface area contributed by atoms with Gasteiger partial charge in [-0.3, -0.25) is 0 Å². The quantitative estimate of drug-likeness (QED) is 0.507. The Morgan fingerprint density at radius 1 is 1.71 bits per heavy atom. The molecule has 0 fully saturated rings. The first-order chi connectivity index (χ1) is 3.31. The van der Waals surface area contributed by atoms with Crippen LogP contribution in [0, 0.1) is 0 Å². The lowest BCUT2D eigenvalue weighted by atomic mass is 10.4. The Labute approximate surface area is 43.1 Å². The van der Waals surface area contributed by atoms with Gasteiger partial charge in [0.25, 0.3) is 0 Å². The second-order valence-corrected chi connectivity index (χ2v) is 1.26. The summed E-state index contributed by atoms with van der Waals surface area (Å²) in [6, 6.07) is 0. The average molecular weight is 102 g/mol. The van der Waals surface area contributed by atoms with Gasteiger partial charge in [0, 0.05) is 0 Å². The van der Waals surface area contributed by atoms with Crippen LogP contribution in [0.2, 0.25) is 0 Å². The molecule has 0 atom stereocenters. The molecule has 42 valence electrons. The highest BCUT2D eigenvalue weighted by Crippen LogP contribution is 1.86. The lowest BCUT2D eigenvalue weighted by Crippen LogP contribution is -1.85. The molecule has 2 N–H and O–H groups in total. The molecule has 0 spiro atoms. The molecule has 0 radical (unpaired) electrons. The van der Waals surface area contributed by atoms with Crippen LogP contribution in [0.3, 0.4) is 0 Å². The summed E-state index contributed by atoms with van der Waals surface area (Å²) in [6.45, 7) is 1.65. The van der Waals surface area contributed by atoms with Crippen molar-refractivity contribution in [1.29, 1.82) is 0 Å². The number of aliphatic hydroxyl groups is 2. The van der Waals surface area contributed by atoms with Gasteiger partial charge < -0.3 is 10.2 Å². The molecule has 0 aromatic carbocycles. The monoisotopic (exact) mass is 102 g/mol. The predicted molar refractivity (Wildman–Crippen MR) is 28.1 cm³/mol. The summed E-state index contributed by atoms with van der Waals surface area (Å²) in [5.74, 6) is 0.0579. The minimum absolute atomic E-state index is 0.0579. The van der Waals surface area contributed by atoms with Crippen molar-refractivity contribution in [3.05, 3.63) is 11.8 Å². The molecule has 2 nitrogen and oxygen atoms in total. The zero-order valence-corrected chi connectivity index (χ0v) is 4.39. The molecule has 0 aliphatic carbocycles. The molecule has 0 aliphatic heterocycles. The second kappa shape index (κ2) is 3.68. The Balaban J connectivity index is 3.29. The predicted octanol–water partition coefficient (Wildman–Crippen LogP) is 0.831. The SMILES string of the molecule is CC/C=C(\O)CO. The molecule has 0 rings (SSSR count). The van der Waals surface area contributed by atoms with Crippen LogP contribution in [0.5, 0.6) is 0 Å². The molecule has 0 saturated heterocycles. The molecule has 0 aliphatic rings. The molecule has 7 heavy (non-hydrogen) atoms. The van der Waals surface area contributed by atoms with Crippen LogP contribution in [-0.4, -0.2) is 16.8 Å². The second-order valence-electron chi connectivity index (χ2n) is 1.26. The van der Waals surface area contributed by atoms with Crippen LogP contribution >= 0.6 is 0 Å². The Morgan fingerprint density at radius 3 is 2.43 bits per heavy atom. The lowest BCUT2D eigenvalue weighted by molar-refractivity contribution is 0.252. The highest BCUT2D eigenvalue weighted by Gasteiger charge is 1.81. The average Bonchev–Trinajstić information content (AvgIpc) is 1.68. The van der Waals surface area contributed by atoms with Crippen LogP contribution in [-0.2, 0) is 0 Å². The molecule has 0 saturated carbocycles. The topological polar surface area (TPSA) is 40.5 Å². The first-order valence-electron chi connectivity index (χ1n) is 2.30. The minimum atomic E-state index is -0.242. The molecule has 0 unspecified atom stereocenters. The fourth-order valence-electron chi connectivity index (χ4n) is 0.300. The van der Waals surface area contributed by atoms with Crippen molar-refractivity contribution in [1.82, 2.24) is 0 Å². The summed E-state index contributed by atoms with van der Waals surface area (Å²) in [5, 5.41) is 16.6. The van der Waals surface area contributed by atoms with E-state index in [9.17, 15) is 0 Å². The largest absolute Gasteiger partial charge is 0.510 e. The van der Waals surface area contributed by atoms with E-state index in [2.05, 4.69) is 0 Å². The summed E-state index contributed by atoms with van der Waals surface area (Å²) >= 11 is 0. The van der Waals surface area contributed by atoms with E-state index in [-0.39, 0.29) is 12.4 Å². The first-order valence-corrected chi connectivity index (χ1v) is 2.30. The Kier molecular flexibility index (Phi) is 3.42. The van der Waals surface area contributed by atoms with E-state index in [0.717, 1.165) is 6.42 Å². The van der Waals surface area contributed by atoms with Crippen molar-refractivity contribution in [2.75, 3.05) is 6.61 Å². The lowest BCUT2D eigenvalue weighted by Gasteiger charge is -1.87. The molecule has 0 aromatic heterocycles. The maximum atomic E-state index is 8.47. The van der Waals surface area contributed by atoms with E-state index in [1.54, 1.807) is 6.08 Å². The van der Waals surface area contributed by atoms with Gasteiger partial charge in [-0.05, 0) is 12.5 Å². The number of rotatable bonds is 2. The number of hydrogen-bond donors (Lipinski definition) is 2. The van der Waals surface area contributed by atoms with Gasteiger partial charge in [0.15, 0.2) is 0 Å². The van der Waals surface area contributed by atoms with Crippen molar-refractivity contribution in [2.24, 2.45) is 0 Å². The molecule has 0 heterocycles. The van der Waals surface area contributed by atoms with Crippen LogP contribution < -0.4 is 0 Å². The highest BCUT2D eigenvalue weighted by atomic mass is 16.3. The van der Waals surface area contributed by atoms with E-state index in [1.807, 2.05) is 6.92 Å². The van der Waals surface area contributed by atoms with Gasteiger partial charge in [-0.15, -0.1) is 0 Å². The third-order valence-corrected chi connectivity index (χ3v) is 0.602.